The van der Waals surface area contributed by atoms with Gasteiger partial charge >= 0.3 is 0 Å². The van der Waals surface area contributed by atoms with Gasteiger partial charge in [-0.25, -0.2) is 13.1 Å². The van der Waals surface area contributed by atoms with E-state index in [4.69, 9.17) is 0 Å². The maximum Gasteiger partial charge on any atom is 0.278 e. The topological polar surface area (TPSA) is 90.0 Å². The van der Waals surface area contributed by atoms with E-state index >= 15 is 0 Å². The first kappa shape index (κ1) is 24.1. The van der Waals surface area contributed by atoms with Gasteiger partial charge in [-0.15, -0.1) is 0 Å². The number of hydrogen-bond acceptors (Lipinski definition) is 5. The number of sulfonamides is 1. The van der Waals surface area contributed by atoms with Crippen LogP contribution in [0.15, 0.2) is 18.2 Å². The monoisotopic (exact) mass is 484 g/mol. The van der Waals surface area contributed by atoms with Crippen LogP contribution in [0.1, 0.15) is 48.4 Å². The minimum Gasteiger partial charge on any atom is -0.296 e. The fourth-order valence-corrected chi connectivity index (χ4v) is 8.05. The molecular formula is C22H36N4O4S2. The maximum absolute atomic E-state index is 13.3. The number of benzene rings is 1. The highest BCUT2D eigenvalue weighted by Crippen LogP contribution is 2.43. The summed E-state index contributed by atoms with van der Waals surface area (Å²) in [5.74, 6) is 0.337. The molecule has 10 heteroatoms. The van der Waals surface area contributed by atoms with Crippen LogP contribution in [0.5, 0.6) is 0 Å². The van der Waals surface area contributed by atoms with Gasteiger partial charge in [-0.05, 0) is 56.1 Å². The number of aryl methyl sites for hydroxylation is 1. The molecule has 0 unspecified atom stereocenters. The molecule has 4 rings (SSSR count). The molecule has 32 heavy (non-hydrogen) atoms. The molecule has 1 N–H and O–H groups in total. The predicted octanol–water partition coefficient (Wildman–Crippen LogP) is 1.49. The molecule has 2 saturated heterocycles. The van der Waals surface area contributed by atoms with Crippen LogP contribution in [-0.4, -0.2) is 82.4 Å². The Morgan fingerprint density at radius 3 is 2.69 bits per heavy atom. The Morgan fingerprint density at radius 2 is 1.94 bits per heavy atom. The van der Waals surface area contributed by atoms with Crippen molar-refractivity contribution in [1.29, 1.82) is 0 Å². The summed E-state index contributed by atoms with van der Waals surface area (Å²) in [6.07, 6.45) is 4.13. The summed E-state index contributed by atoms with van der Waals surface area (Å²) in [4.78, 5) is 2.56. The van der Waals surface area contributed by atoms with E-state index in [-0.39, 0.29) is 30.8 Å². The number of rotatable bonds is 7. The lowest BCUT2D eigenvalue weighted by Crippen LogP contribution is -2.57. The fraction of sp³-hybridized carbons (Fsp3) is 0.727. The molecule has 2 fully saturated rings. The highest BCUT2D eigenvalue weighted by molar-refractivity contribution is 7.89. The minimum absolute atomic E-state index is 0.0277. The van der Waals surface area contributed by atoms with Gasteiger partial charge in [-0.2, -0.15) is 17.0 Å². The SMILES string of the molecule is Cc1ccc2c(c1)[C@@H]1C[C@H]3[C@H](CCCN3S(=O)(=O)CCCNS(=O)(=O)N(C)C)CN1CC2. The van der Waals surface area contributed by atoms with Crippen molar-refractivity contribution in [2.45, 2.75) is 51.1 Å². The molecule has 0 bridgehead atoms. The van der Waals surface area contributed by atoms with E-state index < -0.39 is 20.2 Å². The zero-order valence-electron chi connectivity index (χ0n) is 19.3. The van der Waals surface area contributed by atoms with Crippen LogP contribution in [0.4, 0.5) is 0 Å². The average Bonchev–Trinajstić information content (AvgIpc) is 2.74. The summed E-state index contributed by atoms with van der Waals surface area (Å²) < 4.78 is 55.6. The molecule has 3 aliphatic heterocycles. The summed E-state index contributed by atoms with van der Waals surface area (Å²) in [6.45, 7) is 4.80. The molecule has 0 spiro atoms. The second-order valence-corrected chi connectivity index (χ2v) is 13.6. The van der Waals surface area contributed by atoms with Crippen LogP contribution in [0, 0.1) is 12.8 Å². The van der Waals surface area contributed by atoms with Gasteiger partial charge in [-0.1, -0.05) is 23.8 Å². The fourth-order valence-electron chi connectivity index (χ4n) is 5.57. The second kappa shape index (κ2) is 9.31. The van der Waals surface area contributed by atoms with Crippen molar-refractivity contribution in [3.8, 4) is 0 Å². The van der Waals surface area contributed by atoms with E-state index in [0.29, 0.717) is 12.5 Å². The summed E-state index contributed by atoms with van der Waals surface area (Å²) in [7, 11) is -4.09. The summed E-state index contributed by atoms with van der Waals surface area (Å²) in [5, 5.41) is 0. The Kier molecular flexibility index (Phi) is 7.01. The van der Waals surface area contributed by atoms with Crippen LogP contribution in [0.25, 0.3) is 0 Å². The molecule has 0 amide bonds. The van der Waals surface area contributed by atoms with Crippen molar-refractivity contribution >= 4 is 20.2 Å². The third-order valence-electron chi connectivity index (χ3n) is 7.27. The highest BCUT2D eigenvalue weighted by Gasteiger charge is 2.45. The number of hydrogen-bond donors (Lipinski definition) is 1. The number of nitrogens with zero attached hydrogens (tertiary/aromatic N) is 3. The average molecular weight is 485 g/mol. The van der Waals surface area contributed by atoms with Gasteiger partial charge in [0.15, 0.2) is 0 Å². The van der Waals surface area contributed by atoms with Crippen molar-refractivity contribution in [2.75, 3.05) is 46.0 Å². The Morgan fingerprint density at radius 1 is 1.16 bits per heavy atom. The van der Waals surface area contributed by atoms with E-state index in [2.05, 4.69) is 34.7 Å². The van der Waals surface area contributed by atoms with E-state index in [0.717, 1.165) is 43.1 Å². The highest BCUT2D eigenvalue weighted by atomic mass is 32.2. The summed E-state index contributed by atoms with van der Waals surface area (Å²) in [6, 6.07) is 6.99. The molecule has 1 aromatic rings. The molecule has 3 aliphatic rings. The molecule has 180 valence electrons. The van der Waals surface area contributed by atoms with E-state index in [9.17, 15) is 16.8 Å². The first-order chi connectivity index (χ1) is 15.1. The van der Waals surface area contributed by atoms with Gasteiger partial charge in [0.2, 0.25) is 10.0 Å². The van der Waals surface area contributed by atoms with Gasteiger partial charge in [0.1, 0.15) is 0 Å². The van der Waals surface area contributed by atoms with E-state index in [1.807, 2.05) is 0 Å². The van der Waals surface area contributed by atoms with Gasteiger partial charge in [0.05, 0.1) is 5.75 Å². The van der Waals surface area contributed by atoms with Gasteiger partial charge < -0.3 is 0 Å². The molecule has 8 nitrogen and oxygen atoms in total. The van der Waals surface area contributed by atoms with Crippen molar-refractivity contribution < 1.29 is 16.8 Å². The zero-order chi connectivity index (χ0) is 23.1. The molecule has 0 saturated carbocycles. The Balaban J connectivity index is 1.46. The predicted molar refractivity (Wildman–Crippen MR) is 126 cm³/mol. The molecular weight excluding hydrogens is 448 g/mol. The lowest BCUT2D eigenvalue weighted by molar-refractivity contribution is 0.0220. The third-order valence-corrected chi connectivity index (χ3v) is 10.8. The molecule has 0 radical (unpaired) electrons. The largest absolute Gasteiger partial charge is 0.296 e. The number of piperidine rings is 2. The second-order valence-electron chi connectivity index (χ2n) is 9.63. The first-order valence-electron chi connectivity index (χ1n) is 11.6. The van der Waals surface area contributed by atoms with Crippen LogP contribution in [-0.2, 0) is 26.7 Å². The number of fused-ring (bicyclic) bond motifs is 4. The zero-order valence-corrected chi connectivity index (χ0v) is 21.0. The van der Waals surface area contributed by atoms with Crippen LogP contribution < -0.4 is 4.72 Å². The Labute approximate surface area is 193 Å². The van der Waals surface area contributed by atoms with E-state index in [1.54, 1.807) is 4.31 Å². The first-order valence-corrected chi connectivity index (χ1v) is 14.6. The van der Waals surface area contributed by atoms with Gasteiger partial charge in [-0.3, -0.25) is 4.90 Å². The standard InChI is InChI=1S/C22H36N4O4S2/c1-17-7-8-18-9-12-25-16-19-6-4-11-26(21(19)15-22(25)20(18)14-17)31(27,28)13-5-10-23-32(29,30)24(2)3/h7-8,14,19,21-23H,4-6,9-13,15-16H2,1-3H3/t19-,21+,22+/m1/s1. The maximum atomic E-state index is 13.3. The van der Waals surface area contributed by atoms with Crippen molar-refractivity contribution in [3.05, 3.63) is 34.9 Å². The van der Waals surface area contributed by atoms with Crippen LogP contribution in [0.3, 0.4) is 0 Å². The van der Waals surface area contributed by atoms with Crippen LogP contribution >= 0.6 is 0 Å². The minimum atomic E-state index is -3.54. The van der Waals surface area contributed by atoms with E-state index in [1.165, 1.54) is 30.8 Å². The van der Waals surface area contributed by atoms with Crippen LogP contribution in [0.2, 0.25) is 0 Å². The molecule has 0 aromatic heterocycles. The lowest BCUT2D eigenvalue weighted by atomic mass is 9.77. The Bertz CT molecular complexity index is 1040. The molecule has 0 aliphatic carbocycles. The Hall–Kier alpha value is -1.04. The smallest absolute Gasteiger partial charge is 0.278 e. The van der Waals surface area contributed by atoms with Crippen molar-refractivity contribution in [1.82, 2.24) is 18.2 Å². The van der Waals surface area contributed by atoms with Gasteiger partial charge in [0.25, 0.3) is 10.2 Å². The lowest BCUT2D eigenvalue weighted by Gasteiger charge is -2.51. The summed E-state index contributed by atoms with van der Waals surface area (Å²) in [5.41, 5.74) is 4.02. The third kappa shape index (κ3) is 4.90. The normalized spacial score (nSPS) is 27.1. The molecule has 1 aromatic carbocycles. The summed E-state index contributed by atoms with van der Waals surface area (Å²) >= 11 is 0. The van der Waals surface area contributed by atoms with Crippen molar-refractivity contribution in [3.63, 3.8) is 0 Å². The van der Waals surface area contributed by atoms with Crippen molar-refractivity contribution in [2.24, 2.45) is 5.92 Å². The molecule has 3 heterocycles. The van der Waals surface area contributed by atoms with Gasteiger partial charge in [0, 0.05) is 52.4 Å². The molecule has 3 atom stereocenters. The number of nitrogens with one attached hydrogen (secondary N) is 1. The quantitative estimate of drug-likeness (QED) is 0.593.